The van der Waals surface area contributed by atoms with Gasteiger partial charge in [0.25, 0.3) is 5.91 Å². The van der Waals surface area contributed by atoms with E-state index in [1.54, 1.807) is 6.07 Å². The first-order valence-electron chi connectivity index (χ1n) is 4.38. The molecular weight excluding hydrogens is 240 g/mol. The summed E-state index contributed by atoms with van der Waals surface area (Å²) in [4.78, 5) is 11.2. The molecule has 0 fully saturated rings. The van der Waals surface area contributed by atoms with Gasteiger partial charge >= 0.3 is 6.18 Å². The predicted octanol–water partition coefficient (Wildman–Crippen LogP) is 2.10. The molecule has 1 N–H and O–H groups in total. The summed E-state index contributed by atoms with van der Waals surface area (Å²) in [6.07, 6.45) is -4.87. The van der Waals surface area contributed by atoms with Crippen molar-refractivity contribution < 1.29 is 22.4 Å². The molecule has 0 saturated heterocycles. The zero-order valence-corrected chi connectivity index (χ0v) is 8.31. The summed E-state index contributed by atoms with van der Waals surface area (Å²) in [5.74, 6) is -2.70. The zero-order valence-electron chi connectivity index (χ0n) is 8.31. The Morgan fingerprint density at radius 3 is 2.59 bits per heavy atom. The Hall–Kier alpha value is -2.10. The van der Waals surface area contributed by atoms with E-state index in [2.05, 4.69) is 0 Å². The van der Waals surface area contributed by atoms with Gasteiger partial charge in [0, 0.05) is 0 Å². The van der Waals surface area contributed by atoms with Crippen LogP contribution in [0.4, 0.5) is 17.6 Å². The van der Waals surface area contributed by atoms with E-state index in [0.717, 1.165) is 12.1 Å². The van der Waals surface area contributed by atoms with Gasteiger partial charge in [0.2, 0.25) is 0 Å². The Balaban J connectivity index is 3.12. The topological polar surface area (TPSA) is 52.9 Å². The SMILES string of the molecule is N#CCNC(=O)c1cccc(C(F)(F)F)c1F. The van der Waals surface area contributed by atoms with Crippen LogP contribution in [-0.4, -0.2) is 12.5 Å². The molecule has 0 aliphatic rings. The number of nitrogens with one attached hydrogen (secondary N) is 1. The lowest BCUT2D eigenvalue weighted by molar-refractivity contribution is -0.140. The van der Waals surface area contributed by atoms with Crippen molar-refractivity contribution in [1.29, 1.82) is 5.26 Å². The number of carbonyl (C=O) groups excluding carboxylic acids is 1. The Labute approximate surface area is 93.7 Å². The van der Waals surface area contributed by atoms with Gasteiger partial charge in [-0.25, -0.2) is 4.39 Å². The van der Waals surface area contributed by atoms with Crippen molar-refractivity contribution in [1.82, 2.24) is 5.32 Å². The quantitative estimate of drug-likeness (QED) is 0.641. The van der Waals surface area contributed by atoms with E-state index in [0.29, 0.717) is 6.07 Å². The molecule has 3 nitrogen and oxygen atoms in total. The molecule has 17 heavy (non-hydrogen) atoms. The Kier molecular flexibility index (Phi) is 3.68. The average molecular weight is 246 g/mol. The van der Waals surface area contributed by atoms with Gasteiger partial charge in [-0.05, 0) is 12.1 Å². The van der Waals surface area contributed by atoms with E-state index < -0.39 is 35.6 Å². The second kappa shape index (κ2) is 4.82. The van der Waals surface area contributed by atoms with Gasteiger partial charge in [0.15, 0.2) is 0 Å². The molecule has 0 atom stereocenters. The Bertz CT molecular complexity index is 476. The van der Waals surface area contributed by atoms with Crippen LogP contribution in [0.25, 0.3) is 0 Å². The zero-order chi connectivity index (χ0) is 13.1. The number of hydrogen-bond acceptors (Lipinski definition) is 2. The van der Waals surface area contributed by atoms with Gasteiger partial charge in [0.1, 0.15) is 12.4 Å². The molecule has 1 aromatic rings. The molecule has 1 amide bonds. The van der Waals surface area contributed by atoms with E-state index in [4.69, 9.17) is 5.26 Å². The fraction of sp³-hybridized carbons (Fsp3) is 0.200. The Morgan fingerprint density at radius 2 is 2.06 bits per heavy atom. The highest BCUT2D eigenvalue weighted by molar-refractivity contribution is 5.94. The third-order valence-electron chi connectivity index (χ3n) is 1.88. The number of alkyl halides is 3. The van der Waals surface area contributed by atoms with Crippen LogP contribution in [0, 0.1) is 17.1 Å². The first-order chi connectivity index (χ1) is 7.88. The van der Waals surface area contributed by atoms with Crippen LogP contribution in [0.1, 0.15) is 15.9 Å². The van der Waals surface area contributed by atoms with Crippen LogP contribution in [0.2, 0.25) is 0 Å². The molecule has 0 spiro atoms. The number of benzene rings is 1. The molecule has 0 aliphatic heterocycles. The van der Waals surface area contributed by atoms with Crippen molar-refractivity contribution in [2.75, 3.05) is 6.54 Å². The summed E-state index contributed by atoms with van der Waals surface area (Å²) in [7, 11) is 0. The number of amides is 1. The summed E-state index contributed by atoms with van der Waals surface area (Å²) >= 11 is 0. The second-order valence-electron chi connectivity index (χ2n) is 3.01. The molecule has 0 aliphatic carbocycles. The molecule has 0 saturated carbocycles. The summed E-state index contributed by atoms with van der Waals surface area (Å²) in [5, 5.41) is 10.1. The molecule has 0 heterocycles. The van der Waals surface area contributed by atoms with E-state index in [1.165, 1.54) is 0 Å². The minimum absolute atomic E-state index is 0.408. The largest absolute Gasteiger partial charge is 0.419 e. The summed E-state index contributed by atoms with van der Waals surface area (Å²) < 4.78 is 50.3. The summed E-state index contributed by atoms with van der Waals surface area (Å²) in [5.41, 5.74) is -2.25. The number of hydrogen-bond donors (Lipinski definition) is 1. The fourth-order valence-corrected chi connectivity index (χ4v) is 1.14. The molecule has 90 valence electrons. The van der Waals surface area contributed by atoms with Crippen molar-refractivity contribution in [3.8, 4) is 6.07 Å². The molecule has 0 unspecified atom stereocenters. The maximum atomic E-state index is 13.4. The van der Waals surface area contributed by atoms with Crippen molar-refractivity contribution in [2.24, 2.45) is 0 Å². The molecule has 1 aromatic carbocycles. The van der Waals surface area contributed by atoms with Crippen LogP contribution in [0.5, 0.6) is 0 Å². The molecule has 7 heteroatoms. The van der Waals surface area contributed by atoms with E-state index >= 15 is 0 Å². The third-order valence-corrected chi connectivity index (χ3v) is 1.88. The standard InChI is InChI=1S/C10H6F4N2O/c11-8-6(9(17)16-5-4-15)2-1-3-7(8)10(12,13)14/h1-3H,5H2,(H,16,17). The second-order valence-corrected chi connectivity index (χ2v) is 3.01. The number of halogens is 4. The smallest absolute Gasteiger partial charge is 0.339 e. The van der Waals surface area contributed by atoms with E-state index in [1.807, 2.05) is 5.32 Å². The van der Waals surface area contributed by atoms with Crippen molar-refractivity contribution >= 4 is 5.91 Å². The number of rotatable bonds is 2. The molecule has 0 bridgehead atoms. The van der Waals surface area contributed by atoms with Gasteiger partial charge in [0.05, 0.1) is 17.2 Å². The van der Waals surface area contributed by atoms with Crippen molar-refractivity contribution in [2.45, 2.75) is 6.18 Å². The highest BCUT2D eigenvalue weighted by atomic mass is 19.4. The maximum Gasteiger partial charge on any atom is 0.419 e. The highest BCUT2D eigenvalue weighted by Gasteiger charge is 2.35. The normalized spacial score (nSPS) is 10.8. The lowest BCUT2D eigenvalue weighted by atomic mass is 10.1. The molecule has 0 radical (unpaired) electrons. The summed E-state index contributed by atoms with van der Waals surface area (Å²) in [6.45, 7) is -0.408. The van der Waals surface area contributed by atoms with Gasteiger partial charge in [-0.2, -0.15) is 18.4 Å². The summed E-state index contributed by atoms with van der Waals surface area (Å²) in [6, 6.07) is 3.93. The van der Waals surface area contributed by atoms with E-state index in [9.17, 15) is 22.4 Å². The highest BCUT2D eigenvalue weighted by Crippen LogP contribution is 2.32. The third kappa shape index (κ3) is 2.93. The minimum Gasteiger partial charge on any atom is -0.339 e. The van der Waals surface area contributed by atoms with Crippen LogP contribution in [0.3, 0.4) is 0 Å². The van der Waals surface area contributed by atoms with Crippen LogP contribution >= 0.6 is 0 Å². The van der Waals surface area contributed by atoms with Gasteiger partial charge in [-0.3, -0.25) is 4.79 Å². The lowest BCUT2D eigenvalue weighted by Gasteiger charge is -2.10. The van der Waals surface area contributed by atoms with E-state index in [-0.39, 0.29) is 0 Å². The van der Waals surface area contributed by atoms with Crippen LogP contribution in [0.15, 0.2) is 18.2 Å². The minimum atomic E-state index is -4.87. The van der Waals surface area contributed by atoms with Crippen molar-refractivity contribution in [3.05, 3.63) is 35.1 Å². The van der Waals surface area contributed by atoms with Crippen LogP contribution in [-0.2, 0) is 6.18 Å². The first-order valence-corrected chi connectivity index (χ1v) is 4.38. The lowest BCUT2D eigenvalue weighted by Crippen LogP contribution is -2.25. The monoisotopic (exact) mass is 246 g/mol. The van der Waals surface area contributed by atoms with Crippen LogP contribution < -0.4 is 5.32 Å². The molecule has 1 rings (SSSR count). The van der Waals surface area contributed by atoms with Crippen molar-refractivity contribution in [3.63, 3.8) is 0 Å². The predicted molar refractivity (Wildman–Crippen MR) is 49.3 cm³/mol. The number of carbonyl (C=O) groups is 1. The average Bonchev–Trinajstić information content (AvgIpc) is 2.24. The molecule has 0 aromatic heterocycles. The maximum absolute atomic E-state index is 13.4. The van der Waals surface area contributed by atoms with Gasteiger partial charge < -0.3 is 5.32 Å². The molecular formula is C10H6F4N2O. The first kappa shape index (κ1) is 13.0. The number of nitriles is 1. The Morgan fingerprint density at radius 1 is 1.41 bits per heavy atom. The number of nitrogens with zero attached hydrogens (tertiary/aromatic N) is 1. The fourth-order valence-electron chi connectivity index (χ4n) is 1.14. The van der Waals surface area contributed by atoms with Gasteiger partial charge in [-0.1, -0.05) is 6.07 Å². The van der Waals surface area contributed by atoms with Gasteiger partial charge in [-0.15, -0.1) is 0 Å².